The zero-order valence-corrected chi connectivity index (χ0v) is 10.3. The summed E-state index contributed by atoms with van der Waals surface area (Å²) in [6, 6.07) is 0.749. The van der Waals surface area contributed by atoms with Gasteiger partial charge in [-0.15, -0.1) is 11.8 Å². The summed E-state index contributed by atoms with van der Waals surface area (Å²) in [5.41, 5.74) is 0. The number of rotatable bonds is 1. The molecule has 2 rings (SSSR count). The Morgan fingerprint density at radius 1 is 1.14 bits per heavy atom. The van der Waals surface area contributed by atoms with E-state index in [-0.39, 0.29) is 0 Å². The molecule has 14 heavy (non-hydrogen) atoms. The summed E-state index contributed by atoms with van der Waals surface area (Å²) < 4.78 is 0. The fraction of sp³-hybridized carbons (Fsp3) is 1.00. The van der Waals surface area contributed by atoms with Gasteiger partial charge in [0.25, 0.3) is 0 Å². The SMILES string of the molecule is CC1CCCC(C2NC(C)CCS2)C1. The molecule has 2 heteroatoms. The van der Waals surface area contributed by atoms with Gasteiger partial charge in [-0.3, -0.25) is 0 Å². The Morgan fingerprint density at radius 3 is 2.71 bits per heavy atom. The van der Waals surface area contributed by atoms with Crippen molar-refractivity contribution >= 4 is 11.8 Å². The van der Waals surface area contributed by atoms with Crippen LogP contribution < -0.4 is 5.32 Å². The van der Waals surface area contributed by atoms with E-state index in [1.54, 1.807) is 0 Å². The normalized spacial score (nSPS) is 45.0. The van der Waals surface area contributed by atoms with Crippen LogP contribution in [0.25, 0.3) is 0 Å². The molecule has 1 saturated heterocycles. The molecule has 2 aliphatic rings. The molecule has 82 valence electrons. The van der Waals surface area contributed by atoms with Crippen molar-refractivity contribution in [2.45, 2.75) is 57.4 Å². The van der Waals surface area contributed by atoms with Gasteiger partial charge in [0.15, 0.2) is 0 Å². The van der Waals surface area contributed by atoms with E-state index in [0.717, 1.165) is 23.3 Å². The van der Waals surface area contributed by atoms with Crippen LogP contribution in [0.3, 0.4) is 0 Å². The van der Waals surface area contributed by atoms with Gasteiger partial charge in [-0.05, 0) is 43.8 Å². The zero-order valence-electron chi connectivity index (χ0n) is 9.46. The summed E-state index contributed by atoms with van der Waals surface area (Å²) in [5, 5.41) is 4.53. The van der Waals surface area contributed by atoms with E-state index in [0.29, 0.717) is 0 Å². The molecule has 1 N–H and O–H groups in total. The van der Waals surface area contributed by atoms with Crippen LogP contribution >= 0.6 is 11.8 Å². The second-order valence-corrected chi connectivity index (χ2v) is 6.43. The van der Waals surface area contributed by atoms with Gasteiger partial charge in [0.2, 0.25) is 0 Å². The Balaban J connectivity index is 1.86. The van der Waals surface area contributed by atoms with Crippen molar-refractivity contribution in [2.24, 2.45) is 11.8 Å². The maximum Gasteiger partial charge on any atom is 0.0562 e. The fourth-order valence-corrected chi connectivity index (χ4v) is 4.40. The highest BCUT2D eigenvalue weighted by Crippen LogP contribution is 2.36. The summed E-state index contributed by atoms with van der Waals surface area (Å²) in [5.74, 6) is 3.28. The predicted molar refractivity (Wildman–Crippen MR) is 64.6 cm³/mol. The molecule has 2 fully saturated rings. The molecule has 1 heterocycles. The predicted octanol–water partition coefficient (Wildman–Crippen LogP) is 3.25. The monoisotopic (exact) mass is 213 g/mol. The minimum atomic E-state index is 0.749. The van der Waals surface area contributed by atoms with E-state index in [1.165, 1.54) is 37.9 Å². The van der Waals surface area contributed by atoms with Crippen molar-refractivity contribution in [1.29, 1.82) is 0 Å². The number of hydrogen-bond acceptors (Lipinski definition) is 2. The third kappa shape index (κ3) is 2.66. The summed E-state index contributed by atoms with van der Waals surface area (Å²) in [7, 11) is 0. The summed E-state index contributed by atoms with van der Waals surface area (Å²) in [6.45, 7) is 4.75. The summed E-state index contributed by atoms with van der Waals surface area (Å²) in [6.07, 6.45) is 7.19. The number of thioether (sulfide) groups is 1. The molecule has 0 aromatic carbocycles. The first-order chi connectivity index (χ1) is 6.75. The Kier molecular flexibility index (Phi) is 3.78. The lowest BCUT2D eigenvalue weighted by Crippen LogP contribution is -2.44. The molecule has 0 amide bonds. The fourth-order valence-electron chi connectivity index (χ4n) is 2.81. The average molecular weight is 213 g/mol. The molecule has 1 saturated carbocycles. The van der Waals surface area contributed by atoms with Crippen LogP contribution in [0.5, 0.6) is 0 Å². The van der Waals surface area contributed by atoms with Gasteiger partial charge in [-0.1, -0.05) is 19.8 Å². The highest BCUT2D eigenvalue weighted by molar-refractivity contribution is 7.99. The van der Waals surface area contributed by atoms with Crippen LogP contribution in [0.4, 0.5) is 0 Å². The summed E-state index contributed by atoms with van der Waals surface area (Å²) in [4.78, 5) is 0. The maximum atomic E-state index is 3.77. The van der Waals surface area contributed by atoms with Gasteiger partial charge in [0.1, 0.15) is 0 Å². The van der Waals surface area contributed by atoms with Gasteiger partial charge in [0, 0.05) is 6.04 Å². The van der Waals surface area contributed by atoms with Crippen LogP contribution in [-0.2, 0) is 0 Å². The highest BCUT2D eigenvalue weighted by atomic mass is 32.2. The molecular formula is C12H23NS. The van der Waals surface area contributed by atoms with Crippen molar-refractivity contribution in [3.05, 3.63) is 0 Å². The molecule has 0 radical (unpaired) electrons. The van der Waals surface area contributed by atoms with Crippen LogP contribution in [-0.4, -0.2) is 17.2 Å². The largest absolute Gasteiger partial charge is 0.303 e. The second-order valence-electron chi connectivity index (χ2n) is 5.18. The number of hydrogen-bond donors (Lipinski definition) is 1. The molecular weight excluding hydrogens is 190 g/mol. The van der Waals surface area contributed by atoms with Gasteiger partial charge in [-0.25, -0.2) is 0 Å². The van der Waals surface area contributed by atoms with Crippen molar-refractivity contribution in [2.75, 3.05) is 5.75 Å². The van der Waals surface area contributed by atoms with E-state index >= 15 is 0 Å². The van der Waals surface area contributed by atoms with Gasteiger partial charge in [-0.2, -0.15) is 0 Å². The zero-order chi connectivity index (χ0) is 9.97. The first-order valence-electron chi connectivity index (χ1n) is 6.13. The molecule has 1 aliphatic carbocycles. The van der Waals surface area contributed by atoms with Crippen LogP contribution in [0, 0.1) is 11.8 Å². The Morgan fingerprint density at radius 2 is 2.00 bits per heavy atom. The third-order valence-electron chi connectivity index (χ3n) is 3.70. The van der Waals surface area contributed by atoms with Crippen LogP contribution in [0.15, 0.2) is 0 Å². The lowest BCUT2D eigenvalue weighted by atomic mass is 9.82. The molecule has 0 aromatic rings. The first kappa shape index (κ1) is 10.8. The standard InChI is InChI=1S/C12H23NS/c1-9-4-3-5-11(8-9)12-13-10(2)6-7-14-12/h9-13H,3-8H2,1-2H3. The minimum absolute atomic E-state index is 0.749. The second kappa shape index (κ2) is 4.89. The Bertz CT molecular complexity index is 163. The molecule has 0 aromatic heterocycles. The van der Waals surface area contributed by atoms with E-state index in [2.05, 4.69) is 30.9 Å². The van der Waals surface area contributed by atoms with Gasteiger partial charge >= 0.3 is 0 Å². The van der Waals surface area contributed by atoms with Crippen molar-refractivity contribution in [3.63, 3.8) is 0 Å². The Labute approximate surface area is 92.4 Å². The van der Waals surface area contributed by atoms with Crippen LogP contribution in [0.1, 0.15) is 46.0 Å². The van der Waals surface area contributed by atoms with Crippen LogP contribution in [0.2, 0.25) is 0 Å². The van der Waals surface area contributed by atoms with Crippen molar-refractivity contribution in [1.82, 2.24) is 5.32 Å². The quantitative estimate of drug-likeness (QED) is 0.717. The smallest absolute Gasteiger partial charge is 0.0562 e. The first-order valence-corrected chi connectivity index (χ1v) is 7.18. The average Bonchev–Trinajstić information content (AvgIpc) is 2.18. The van der Waals surface area contributed by atoms with Crippen molar-refractivity contribution < 1.29 is 0 Å². The maximum absolute atomic E-state index is 3.77. The molecule has 0 spiro atoms. The minimum Gasteiger partial charge on any atom is -0.303 e. The van der Waals surface area contributed by atoms with E-state index in [4.69, 9.17) is 0 Å². The lowest BCUT2D eigenvalue weighted by Gasteiger charge is -2.37. The molecule has 4 atom stereocenters. The third-order valence-corrected chi connectivity index (χ3v) is 5.05. The lowest BCUT2D eigenvalue weighted by molar-refractivity contribution is 0.250. The number of nitrogens with one attached hydrogen (secondary N) is 1. The highest BCUT2D eigenvalue weighted by Gasteiger charge is 2.29. The molecule has 4 unspecified atom stereocenters. The topological polar surface area (TPSA) is 12.0 Å². The van der Waals surface area contributed by atoms with E-state index in [9.17, 15) is 0 Å². The van der Waals surface area contributed by atoms with Gasteiger partial charge in [0.05, 0.1) is 5.37 Å². The van der Waals surface area contributed by atoms with E-state index < -0.39 is 0 Å². The van der Waals surface area contributed by atoms with Gasteiger partial charge < -0.3 is 5.32 Å². The molecule has 1 aliphatic heterocycles. The molecule has 1 nitrogen and oxygen atoms in total. The molecule has 0 bridgehead atoms. The van der Waals surface area contributed by atoms with Crippen molar-refractivity contribution in [3.8, 4) is 0 Å². The summed E-state index contributed by atoms with van der Waals surface area (Å²) >= 11 is 2.16. The Hall–Kier alpha value is 0.310. The van der Waals surface area contributed by atoms with E-state index in [1.807, 2.05) is 0 Å².